The zero-order valence-electron chi connectivity index (χ0n) is 16.7. The van der Waals surface area contributed by atoms with Crippen molar-refractivity contribution < 1.29 is 13.2 Å². The molecule has 154 valence electrons. The Hall–Kier alpha value is -2.25. The monoisotopic (exact) mass is 432 g/mol. The highest BCUT2D eigenvalue weighted by Gasteiger charge is 2.25. The van der Waals surface area contributed by atoms with Gasteiger partial charge >= 0.3 is 0 Å². The van der Waals surface area contributed by atoms with E-state index in [-0.39, 0.29) is 10.8 Å². The van der Waals surface area contributed by atoms with E-state index in [1.807, 2.05) is 7.05 Å². The molecule has 7 nitrogen and oxygen atoms in total. The predicted octanol–water partition coefficient (Wildman–Crippen LogP) is 2.89. The Kier molecular flexibility index (Phi) is 6.39. The number of nitrogens with one attached hydrogen (secondary N) is 1. The Bertz CT molecular complexity index is 1050. The molecular weight excluding hydrogens is 408 g/mol. The Morgan fingerprint density at radius 3 is 2.52 bits per heavy atom. The number of thiophene rings is 1. The van der Waals surface area contributed by atoms with E-state index >= 15 is 0 Å². The molecule has 0 aliphatic carbocycles. The highest BCUT2D eigenvalue weighted by molar-refractivity contribution is 7.89. The minimum absolute atomic E-state index is 0.157. The van der Waals surface area contributed by atoms with Crippen LogP contribution in [0.1, 0.15) is 40.2 Å². The number of hydrogen-bond acceptors (Lipinski definition) is 6. The summed E-state index contributed by atoms with van der Waals surface area (Å²) in [5.74, 6) is -0.361. The topological polar surface area (TPSA) is 93.5 Å². The number of fused-ring (bicyclic) bond motifs is 1. The molecule has 29 heavy (non-hydrogen) atoms. The van der Waals surface area contributed by atoms with Crippen LogP contribution in [0, 0.1) is 11.3 Å². The lowest BCUT2D eigenvalue weighted by molar-refractivity contribution is 0.102. The maximum absolute atomic E-state index is 12.7. The van der Waals surface area contributed by atoms with E-state index in [4.69, 9.17) is 0 Å². The fourth-order valence-corrected chi connectivity index (χ4v) is 6.14. The third-order valence-corrected chi connectivity index (χ3v) is 8.24. The van der Waals surface area contributed by atoms with E-state index in [1.165, 1.54) is 39.9 Å². The molecule has 1 amide bonds. The summed E-state index contributed by atoms with van der Waals surface area (Å²) >= 11 is 1.43. The van der Waals surface area contributed by atoms with Crippen LogP contribution in [0.25, 0.3) is 0 Å². The first kappa shape index (κ1) is 21.5. The summed E-state index contributed by atoms with van der Waals surface area (Å²) in [6.45, 7) is 5.99. The molecule has 0 spiro atoms. The van der Waals surface area contributed by atoms with Crippen molar-refractivity contribution in [2.24, 2.45) is 0 Å². The smallest absolute Gasteiger partial charge is 0.256 e. The average molecular weight is 433 g/mol. The predicted molar refractivity (Wildman–Crippen MR) is 114 cm³/mol. The second-order valence-corrected chi connectivity index (χ2v) is 9.92. The molecular formula is C20H24N4O3S2. The molecule has 0 saturated heterocycles. The van der Waals surface area contributed by atoms with Gasteiger partial charge in [-0.05, 0) is 43.3 Å². The number of nitrogens with zero attached hydrogens (tertiary/aromatic N) is 3. The first-order chi connectivity index (χ1) is 13.8. The zero-order chi connectivity index (χ0) is 21.2. The minimum atomic E-state index is -3.56. The number of benzene rings is 1. The quantitative estimate of drug-likeness (QED) is 0.758. The van der Waals surface area contributed by atoms with Gasteiger partial charge < -0.3 is 10.2 Å². The molecule has 1 aromatic carbocycles. The van der Waals surface area contributed by atoms with Gasteiger partial charge in [-0.15, -0.1) is 11.3 Å². The van der Waals surface area contributed by atoms with E-state index in [0.717, 1.165) is 30.0 Å². The summed E-state index contributed by atoms with van der Waals surface area (Å²) in [5, 5.41) is 12.9. The summed E-state index contributed by atoms with van der Waals surface area (Å²) in [6.07, 6.45) is 0.791. The summed E-state index contributed by atoms with van der Waals surface area (Å²) in [6, 6.07) is 8.11. The number of likely N-dealkylation sites (N-methyl/N-ethyl adjacent to an activating group) is 1. The molecule has 0 unspecified atom stereocenters. The second-order valence-electron chi connectivity index (χ2n) is 6.88. The highest BCUT2D eigenvalue weighted by atomic mass is 32.2. The molecule has 2 aromatic rings. The number of amides is 1. The van der Waals surface area contributed by atoms with Crippen LogP contribution in [0.4, 0.5) is 5.00 Å². The van der Waals surface area contributed by atoms with Gasteiger partial charge in [0.15, 0.2) is 0 Å². The summed E-state index contributed by atoms with van der Waals surface area (Å²) in [7, 11) is -1.54. The molecule has 0 bridgehead atoms. The second kappa shape index (κ2) is 8.63. The van der Waals surface area contributed by atoms with Crippen molar-refractivity contribution in [3.05, 3.63) is 45.8 Å². The highest BCUT2D eigenvalue weighted by Crippen LogP contribution is 2.36. The Balaban J connectivity index is 1.82. The molecule has 2 heterocycles. The normalized spacial score (nSPS) is 14.4. The number of anilines is 1. The lowest BCUT2D eigenvalue weighted by Crippen LogP contribution is -2.30. The lowest BCUT2D eigenvalue weighted by atomic mass is 10.0. The zero-order valence-corrected chi connectivity index (χ0v) is 18.4. The van der Waals surface area contributed by atoms with Gasteiger partial charge in [-0.2, -0.15) is 9.57 Å². The van der Waals surface area contributed by atoms with Crippen LogP contribution in [0.15, 0.2) is 29.2 Å². The van der Waals surface area contributed by atoms with Crippen molar-refractivity contribution >= 4 is 32.3 Å². The van der Waals surface area contributed by atoms with Gasteiger partial charge in [-0.3, -0.25) is 4.79 Å². The van der Waals surface area contributed by atoms with Crippen LogP contribution < -0.4 is 5.32 Å². The van der Waals surface area contributed by atoms with Crippen LogP contribution in [-0.4, -0.2) is 50.2 Å². The molecule has 1 aliphatic rings. The van der Waals surface area contributed by atoms with Crippen LogP contribution in [-0.2, 0) is 23.0 Å². The van der Waals surface area contributed by atoms with Gasteiger partial charge in [0.2, 0.25) is 10.0 Å². The minimum Gasteiger partial charge on any atom is -0.312 e. The number of rotatable bonds is 6. The van der Waals surface area contributed by atoms with Gasteiger partial charge in [0.25, 0.3) is 5.91 Å². The van der Waals surface area contributed by atoms with Gasteiger partial charge in [0.05, 0.1) is 10.5 Å². The van der Waals surface area contributed by atoms with Crippen LogP contribution in [0.2, 0.25) is 0 Å². The fourth-order valence-electron chi connectivity index (χ4n) is 3.40. The molecule has 1 aliphatic heterocycles. The van der Waals surface area contributed by atoms with E-state index in [2.05, 4.69) is 16.3 Å². The van der Waals surface area contributed by atoms with Crippen molar-refractivity contribution in [1.29, 1.82) is 5.26 Å². The largest absolute Gasteiger partial charge is 0.312 e. The van der Waals surface area contributed by atoms with E-state index in [0.29, 0.717) is 29.2 Å². The first-order valence-corrected chi connectivity index (χ1v) is 11.7. The van der Waals surface area contributed by atoms with Crippen LogP contribution in [0.5, 0.6) is 0 Å². The van der Waals surface area contributed by atoms with Crippen molar-refractivity contribution in [2.75, 3.05) is 32.0 Å². The SMILES string of the molecule is CCN(CC)S(=O)(=O)c1ccc(C(=O)Nc2sc3c(c2C#N)CCN(C)C3)cc1. The van der Waals surface area contributed by atoms with Gasteiger partial charge in [0, 0.05) is 36.6 Å². The number of sulfonamides is 1. The molecule has 1 aromatic heterocycles. The maximum atomic E-state index is 12.7. The van der Waals surface area contributed by atoms with E-state index in [9.17, 15) is 18.5 Å². The van der Waals surface area contributed by atoms with Gasteiger partial charge in [-0.1, -0.05) is 13.8 Å². The van der Waals surface area contributed by atoms with Gasteiger partial charge in [0.1, 0.15) is 11.1 Å². The molecule has 0 fully saturated rings. The molecule has 0 saturated carbocycles. The summed E-state index contributed by atoms with van der Waals surface area (Å²) < 4.78 is 26.5. The van der Waals surface area contributed by atoms with Crippen molar-refractivity contribution in [1.82, 2.24) is 9.21 Å². The Morgan fingerprint density at radius 1 is 1.28 bits per heavy atom. The van der Waals surface area contributed by atoms with Crippen molar-refractivity contribution in [3.8, 4) is 6.07 Å². The standard InChI is InChI=1S/C20H24N4O3S2/c1-4-24(5-2)29(26,27)15-8-6-14(7-9-15)19(25)22-20-17(12-21)16-10-11-23(3)13-18(16)28-20/h6-9H,4-5,10-11,13H2,1-3H3,(H,22,25). The fraction of sp³-hybridized carbons (Fsp3) is 0.400. The Labute approximate surface area is 175 Å². The molecule has 0 atom stereocenters. The van der Waals surface area contributed by atoms with Crippen molar-refractivity contribution in [3.63, 3.8) is 0 Å². The number of nitriles is 1. The van der Waals surface area contributed by atoms with Crippen LogP contribution in [0.3, 0.4) is 0 Å². The van der Waals surface area contributed by atoms with E-state index < -0.39 is 10.0 Å². The average Bonchev–Trinajstić information content (AvgIpc) is 3.04. The molecule has 3 rings (SSSR count). The molecule has 1 N–H and O–H groups in total. The number of carbonyl (C=O) groups is 1. The van der Waals surface area contributed by atoms with Crippen LogP contribution >= 0.6 is 11.3 Å². The summed E-state index contributed by atoms with van der Waals surface area (Å²) in [4.78, 5) is 16.1. The first-order valence-electron chi connectivity index (χ1n) is 9.46. The molecule has 9 heteroatoms. The number of hydrogen-bond donors (Lipinski definition) is 1. The maximum Gasteiger partial charge on any atom is 0.256 e. The van der Waals surface area contributed by atoms with E-state index in [1.54, 1.807) is 13.8 Å². The molecule has 0 radical (unpaired) electrons. The third-order valence-electron chi connectivity index (χ3n) is 5.05. The Morgan fingerprint density at radius 2 is 1.93 bits per heavy atom. The van der Waals surface area contributed by atoms with Crippen molar-refractivity contribution in [2.45, 2.75) is 31.7 Å². The number of carbonyl (C=O) groups excluding carboxylic acids is 1. The van der Waals surface area contributed by atoms with Gasteiger partial charge in [-0.25, -0.2) is 8.42 Å². The third kappa shape index (κ3) is 4.21. The summed E-state index contributed by atoms with van der Waals surface area (Å²) in [5.41, 5.74) is 1.90. The lowest BCUT2D eigenvalue weighted by Gasteiger charge is -2.21.